The number of hydrogen-bond acceptors (Lipinski definition) is 6. The fraction of sp³-hybridized carbons (Fsp3) is 0.500. The molecule has 7 heteroatoms. The van der Waals surface area contributed by atoms with Crippen LogP contribution in [0.1, 0.15) is 35.1 Å². The molecular weight excluding hydrogens is 200 g/mol. The molecule has 0 amide bonds. The van der Waals surface area contributed by atoms with Crippen LogP contribution in [0.2, 0.25) is 0 Å². The molecule has 0 radical (unpaired) electrons. The highest BCUT2D eigenvalue weighted by atomic mass is 16.5. The second-order valence-corrected chi connectivity index (χ2v) is 3.35. The molecule has 1 aromatic rings. The Hall–Kier alpha value is -1.92. The van der Waals surface area contributed by atoms with E-state index in [1.54, 1.807) is 0 Å². The summed E-state index contributed by atoms with van der Waals surface area (Å²) in [6.45, 7) is 0. The van der Waals surface area contributed by atoms with Crippen molar-refractivity contribution in [3.63, 3.8) is 0 Å². The maximum atomic E-state index is 11.6. The van der Waals surface area contributed by atoms with Gasteiger partial charge in [0.25, 0.3) is 0 Å². The molecule has 0 saturated heterocycles. The number of nitrogen functional groups attached to an aromatic ring is 1. The fourth-order valence-corrected chi connectivity index (χ4v) is 1.26. The molecule has 1 saturated carbocycles. The highest BCUT2D eigenvalue weighted by Crippen LogP contribution is 2.37. The predicted octanol–water partition coefficient (Wildman–Crippen LogP) is -0.984. The first-order valence-electron chi connectivity index (χ1n) is 4.48. The van der Waals surface area contributed by atoms with Crippen LogP contribution in [0.5, 0.6) is 0 Å². The molecule has 2 N–H and O–H groups in total. The number of nitrogens with two attached hydrogens (primary N) is 1. The van der Waals surface area contributed by atoms with Crippen LogP contribution in [0.3, 0.4) is 0 Å². The quantitative estimate of drug-likeness (QED) is 0.497. The number of carbonyl (C=O) groups excluding carboxylic acids is 1. The Morgan fingerprint density at radius 1 is 1.53 bits per heavy atom. The van der Waals surface area contributed by atoms with Gasteiger partial charge in [-0.05, 0) is 12.8 Å². The first kappa shape index (κ1) is 9.63. The zero-order chi connectivity index (χ0) is 11.0. The van der Waals surface area contributed by atoms with Gasteiger partial charge in [0.05, 0.1) is 7.11 Å². The van der Waals surface area contributed by atoms with Gasteiger partial charge in [0, 0.05) is 5.92 Å². The summed E-state index contributed by atoms with van der Waals surface area (Å²) in [5, 5.41) is 7.29. The van der Waals surface area contributed by atoms with Gasteiger partial charge in [-0.3, -0.25) is 4.79 Å². The van der Waals surface area contributed by atoms with E-state index in [4.69, 9.17) is 5.84 Å². The van der Waals surface area contributed by atoms with Gasteiger partial charge in [-0.1, -0.05) is 0 Å². The number of rotatable bonds is 2. The van der Waals surface area contributed by atoms with E-state index in [-0.39, 0.29) is 11.6 Å². The SMILES string of the molecule is COC(=O)c1nnc(C2CC2)n(N)c1=O. The molecule has 0 atom stereocenters. The van der Waals surface area contributed by atoms with Crippen molar-refractivity contribution in [3.8, 4) is 0 Å². The molecule has 1 aliphatic rings. The Morgan fingerprint density at radius 2 is 2.20 bits per heavy atom. The topological polar surface area (TPSA) is 100 Å². The van der Waals surface area contributed by atoms with Gasteiger partial charge in [-0.25, -0.2) is 9.47 Å². The van der Waals surface area contributed by atoms with Gasteiger partial charge in [-0.2, -0.15) is 0 Å². The van der Waals surface area contributed by atoms with E-state index >= 15 is 0 Å². The van der Waals surface area contributed by atoms with Crippen molar-refractivity contribution < 1.29 is 9.53 Å². The molecule has 7 nitrogen and oxygen atoms in total. The molecule has 0 bridgehead atoms. The number of nitrogens with zero attached hydrogens (tertiary/aromatic N) is 3. The Bertz CT molecular complexity index is 463. The number of ether oxygens (including phenoxy) is 1. The first-order chi connectivity index (χ1) is 7.15. The summed E-state index contributed by atoms with van der Waals surface area (Å²) in [6.07, 6.45) is 1.89. The van der Waals surface area contributed by atoms with Crippen molar-refractivity contribution in [2.75, 3.05) is 13.0 Å². The van der Waals surface area contributed by atoms with Crippen LogP contribution in [-0.2, 0) is 4.74 Å². The van der Waals surface area contributed by atoms with E-state index in [1.807, 2.05) is 0 Å². The van der Waals surface area contributed by atoms with Gasteiger partial charge in [0.2, 0.25) is 5.69 Å². The molecule has 0 aromatic carbocycles. The summed E-state index contributed by atoms with van der Waals surface area (Å²) >= 11 is 0. The molecule has 80 valence electrons. The van der Waals surface area contributed by atoms with Crippen molar-refractivity contribution in [2.24, 2.45) is 0 Å². The monoisotopic (exact) mass is 210 g/mol. The molecule has 0 unspecified atom stereocenters. The van der Waals surface area contributed by atoms with Gasteiger partial charge < -0.3 is 10.6 Å². The number of methoxy groups -OCH3 is 1. The average Bonchev–Trinajstić information content (AvgIpc) is 3.04. The third-order valence-corrected chi connectivity index (χ3v) is 2.24. The molecular formula is C8H10N4O3. The standard InChI is InChI=1S/C8H10N4O3/c1-15-8(14)5-7(13)12(9)6(11-10-5)4-2-3-4/h4H,2-3,9H2,1H3. The van der Waals surface area contributed by atoms with Gasteiger partial charge >= 0.3 is 11.5 Å². The van der Waals surface area contributed by atoms with Crippen LogP contribution in [0, 0.1) is 0 Å². The Morgan fingerprint density at radius 3 is 2.73 bits per heavy atom. The largest absolute Gasteiger partial charge is 0.464 e. The van der Waals surface area contributed by atoms with Crippen molar-refractivity contribution >= 4 is 5.97 Å². The number of carbonyl (C=O) groups is 1. The summed E-state index contributed by atoms with van der Waals surface area (Å²) in [5.41, 5.74) is -1.05. The fourth-order valence-electron chi connectivity index (χ4n) is 1.26. The molecule has 2 rings (SSSR count). The predicted molar refractivity (Wildman–Crippen MR) is 49.8 cm³/mol. The maximum Gasteiger partial charge on any atom is 0.364 e. The summed E-state index contributed by atoms with van der Waals surface area (Å²) in [7, 11) is 1.17. The Labute approximate surface area is 84.8 Å². The summed E-state index contributed by atoms with van der Waals surface area (Å²) < 4.78 is 5.25. The molecule has 15 heavy (non-hydrogen) atoms. The number of esters is 1. The molecule has 0 spiro atoms. The highest BCUT2D eigenvalue weighted by molar-refractivity contribution is 5.86. The van der Waals surface area contributed by atoms with Crippen LogP contribution >= 0.6 is 0 Å². The normalized spacial score (nSPS) is 15.0. The lowest BCUT2D eigenvalue weighted by Crippen LogP contribution is -2.36. The molecule has 1 aliphatic carbocycles. The molecule has 1 aromatic heterocycles. The zero-order valence-electron chi connectivity index (χ0n) is 8.14. The lowest BCUT2D eigenvalue weighted by molar-refractivity contribution is 0.0589. The summed E-state index contributed by atoms with van der Waals surface area (Å²) in [6, 6.07) is 0. The third kappa shape index (κ3) is 1.56. The van der Waals surface area contributed by atoms with E-state index in [0.717, 1.165) is 17.5 Å². The Balaban J connectivity index is 2.48. The van der Waals surface area contributed by atoms with Crippen molar-refractivity contribution in [2.45, 2.75) is 18.8 Å². The first-order valence-corrected chi connectivity index (χ1v) is 4.48. The minimum Gasteiger partial charge on any atom is -0.464 e. The lowest BCUT2D eigenvalue weighted by atomic mass is 10.4. The Kier molecular flexibility index (Phi) is 2.14. The number of aromatic nitrogens is 3. The van der Waals surface area contributed by atoms with Gasteiger partial charge in [0.15, 0.2) is 5.82 Å². The van der Waals surface area contributed by atoms with E-state index in [2.05, 4.69) is 14.9 Å². The van der Waals surface area contributed by atoms with E-state index in [9.17, 15) is 9.59 Å². The lowest BCUT2D eigenvalue weighted by Gasteiger charge is -2.05. The van der Waals surface area contributed by atoms with Crippen molar-refractivity contribution in [1.29, 1.82) is 0 Å². The second kappa shape index (κ2) is 3.34. The second-order valence-electron chi connectivity index (χ2n) is 3.35. The maximum absolute atomic E-state index is 11.6. The van der Waals surface area contributed by atoms with Gasteiger partial charge in [0.1, 0.15) is 0 Å². The van der Waals surface area contributed by atoms with Crippen LogP contribution in [0.4, 0.5) is 0 Å². The van der Waals surface area contributed by atoms with Crippen molar-refractivity contribution in [3.05, 3.63) is 21.9 Å². The van der Waals surface area contributed by atoms with Crippen LogP contribution in [0.25, 0.3) is 0 Å². The van der Waals surface area contributed by atoms with Gasteiger partial charge in [-0.15, -0.1) is 10.2 Å². The third-order valence-electron chi connectivity index (χ3n) is 2.24. The smallest absolute Gasteiger partial charge is 0.364 e. The van der Waals surface area contributed by atoms with E-state index < -0.39 is 11.5 Å². The number of hydrogen-bond donors (Lipinski definition) is 1. The summed E-state index contributed by atoms with van der Waals surface area (Å²) in [5.74, 6) is 5.31. The molecule has 0 aliphatic heterocycles. The summed E-state index contributed by atoms with van der Waals surface area (Å²) in [4.78, 5) is 22.6. The highest BCUT2D eigenvalue weighted by Gasteiger charge is 2.30. The van der Waals surface area contributed by atoms with E-state index in [1.165, 1.54) is 7.11 Å². The van der Waals surface area contributed by atoms with Crippen LogP contribution in [0.15, 0.2) is 4.79 Å². The van der Waals surface area contributed by atoms with Crippen LogP contribution in [-0.4, -0.2) is 28.0 Å². The minimum absolute atomic E-state index is 0.196. The molecule has 1 heterocycles. The molecule has 1 fully saturated rings. The zero-order valence-corrected chi connectivity index (χ0v) is 8.14. The minimum atomic E-state index is -0.825. The van der Waals surface area contributed by atoms with Crippen LogP contribution < -0.4 is 11.4 Å². The van der Waals surface area contributed by atoms with E-state index in [0.29, 0.717) is 5.82 Å². The van der Waals surface area contributed by atoms with Crippen molar-refractivity contribution in [1.82, 2.24) is 14.9 Å². The average molecular weight is 210 g/mol.